The van der Waals surface area contributed by atoms with Crippen LogP contribution in [0.25, 0.3) is 0 Å². The zero-order valence-corrected chi connectivity index (χ0v) is 14.6. The Kier molecular flexibility index (Phi) is 3.91. The van der Waals surface area contributed by atoms with Crippen molar-refractivity contribution in [2.45, 2.75) is 38.0 Å². The maximum absolute atomic E-state index is 13.2. The fourth-order valence-electron chi connectivity index (χ4n) is 4.34. The van der Waals surface area contributed by atoms with Gasteiger partial charge in [0.05, 0.1) is 31.2 Å². The van der Waals surface area contributed by atoms with Crippen molar-refractivity contribution in [3.8, 4) is 0 Å². The van der Waals surface area contributed by atoms with Crippen LogP contribution in [0, 0.1) is 11.8 Å². The SMILES string of the molecule is CCCOC(=O)[C@@H]1[C@@H]2C=C[C@]3(CN([C@H](C)c4ccccc4)C(=O)[C@H]13)O2. The van der Waals surface area contributed by atoms with Crippen LogP contribution in [0.4, 0.5) is 0 Å². The third-order valence-corrected chi connectivity index (χ3v) is 5.60. The molecule has 2 bridgehead atoms. The van der Waals surface area contributed by atoms with E-state index in [1.165, 1.54) is 0 Å². The lowest BCUT2D eigenvalue weighted by Crippen LogP contribution is -2.40. The van der Waals surface area contributed by atoms with E-state index in [1.54, 1.807) is 0 Å². The van der Waals surface area contributed by atoms with Crippen molar-refractivity contribution < 1.29 is 19.1 Å². The third kappa shape index (κ3) is 2.41. The fraction of sp³-hybridized carbons (Fsp3) is 0.500. The third-order valence-electron chi connectivity index (χ3n) is 5.60. The van der Waals surface area contributed by atoms with Crippen LogP contribution in [-0.4, -0.2) is 41.6 Å². The van der Waals surface area contributed by atoms with Crippen LogP contribution in [-0.2, 0) is 19.1 Å². The van der Waals surface area contributed by atoms with Crippen molar-refractivity contribution >= 4 is 11.9 Å². The first-order chi connectivity index (χ1) is 12.1. The highest BCUT2D eigenvalue weighted by molar-refractivity contribution is 5.91. The Labute approximate surface area is 147 Å². The highest BCUT2D eigenvalue weighted by atomic mass is 16.6. The second kappa shape index (κ2) is 5.99. The predicted molar refractivity (Wildman–Crippen MR) is 91.5 cm³/mol. The van der Waals surface area contributed by atoms with Gasteiger partial charge in [0.1, 0.15) is 11.5 Å². The molecular formula is C20H23NO4. The molecule has 1 aromatic carbocycles. The van der Waals surface area contributed by atoms with Gasteiger partial charge < -0.3 is 14.4 Å². The Balaban J connectivity index is 1.60. The van der Waals surface area contributed by atoms with Gasteiger partial charge in [-0.3, -0.25) is 9.59 Å². The molecule has 1 amide bonds. The van der Waals surface area contributed by atoms with E-state index in [1.807, 2.05) is 61.2 Å². The molecule has 0 saturated carbocycles. The van der Waals surface area contributed by atoms with E-state index in [2.05, 4.69) is 0 Å². The van der Waals surface area contributed by atoms with Gasteiger partial charge in [-0.05, 0) is 18.9 Å². The number of amides is 1. The number of hydrogen-bond donors (Lipinski definition) is 0. The Hall–Kier alpha value is -2.14. The number of nitrogens with zero attached hydrogens (tertiary/aromatic N) is 1. The molecule has 3 aliphatic rings. The summed E-state index contributed by atoms with van der Waals surface area (Å²) in [6.07, 6.45) is 4.31. The van der Waals surface area contributed by atoms with Gasteiger partial charge in [-0.2, -0.15) is 0 Å². The van der Waals surface area contributed by atoms with Gasteiger partial charge >= 0.3 is 5.97 Å². The molecule has 0 aromatic heterocycles. The lowest BCUT2D eigenvalue weighted by Gasteiger charge is -2.27. The first kappa shape index (κ1) is 16.3. The van der Waals surface area contributed by atoms with Gasteiger partial charge in [-0.1, -0.05) is 49.4 Å². The van der Waals surface area contributed by atoms with Crippen molar-refractivity contribution in [3.63, 3.8) is 0 Å². The van der Waals surface area contributed by atoms with Gasteiger partial charge in [-0.25, -0.2) is 0 Å². The number of esters is 1. The first-order valence-electron chi connectivity index (χ1n) is 8.96. The average molecular weight is 341 g/mol. The van der Waals surface area contributed by atoms with Crippen molar-refractivity contribution in [2.75, 3.05) is 13.2 Å². The summed E-state index contributed by atoms with van der Waals surface area (Å²) in [4.78, 5) is 27.5. The summed E-state index contributed by atoms with van der Waals surface area (Å²) in [6.45, 7) is 4.84. The first-order valence-corrected chi connectivity index (χ1v) is 8.96. The molecule has 1 aromatic rings. The standard InChI is InChI=1S/C20H23NO4/c1-3-11-24-19(23)16-15-9-10-20(25-15)12-21(18(22)17(16)20)13(2)14-7-5-4-6-8-14/h4-10,13,15-17H,3,11-12H2,1-2H3/t13-,15+,16-,17+,20-/m1/s1. The number of rotatable bonds is 5. The highest BCUT2D eigenvalue weighted by Gasteiger charge is 2.67. The van der Waals surface area contributed by atoms with E-state index in [0.717, 1.165) is 12.0 Å². The van der Waals surface area contributed by atoms with Crippen LogP contribution in [0.1, 0.15) is 31.9 Å². The molecule has 3 heterocycles. The zero-order chi connectivity index (χ0) is 17.6. The van der Waals surface area contributed by atoms with Crippen LogP contribution in [0.2, 0.25) is 0 Å². The molecule has 5 heteroatoms. The van der Waals surface area contributed by atoms with Gasteiger partial charge in [-0.15, -0.1) is 0 Å². The molecular weight excluding hydrogens is 318 g/mol. The monoisotopic (exact) mass is 341 g/mol. The number of carbonyl (C=O) groups is 2. The quantitative estimate of drug-likeness (QED) is 0.610. The van der Waals surface area contributed by atoms with Gasteiger partial charge in [0.15, 0.2) is 0 Å². The minimum Gasteiger partial charge on any atom is -0.465 e. The smallest absolute Gasteiger partial charge is 0.312 e. The molecule has 4 rings (SSSR count). The van der Waals surface area contributed by atoms with E-state index in [-0.39, 0.29) is 24.0 Å². The topological polar surface area (TPSA) is 55.8 Å². The normalized spacial score (nSPS) is 33.6. The molecule has 3 aliphatic heterocycles. The maximum atomic E-state index is 13.2. The summed E-state index contributed by atoms with van der Waals surface area (Å²) >= 11 is 0. The van der Waals surface area contributed by atoms with Crippen molar-refractivity contribution in [2.24, 2.45) is 11.8 Å². The molecule has 0 aliphatic carbocycles. The molecule has 5 nitrogen and oxygen atoms in total. The zero-order valence-electron chi connectivity index (χ0n) is 14.6. The molecule has 132 valence electrons. The van der Waals surface area contributed by atoms with Crippen LogP contribution >= 0.6 is 0 Å². The molecule has 25 heavy (non-hydrogen) atoms. The second-order valence-electron chi connectivity index (χ2n) is 7.12. The largest absolute Gasteiger partial charge is 0.465 e. The lowest BCUT2D eigenvalue weighted by atomic mass is 9.77. The van der Waals surface area contributed by atoms with Crippen LogP contribution in [0.5, 0.6) is 0 Å². The summed E-state index contributed by atoms with van der Waals surface area (Å²) in [6, 6.07) is 9.88. The summed E-state index contributed by atoms with van der Waals surface area (Å²) in [5, 5.41) is 0. The number of hydrogen-bond acceptors (Lipinski definition) is 4. The van der Waals surface area contributed by atoms with Gasteiger partial charge in [0, 0.05) is 0 Å². The van der Waals surface area contributed by atoms with E-state index < -0.39 is 17.4 Å². The molecule has 5 atom stereocenters. The summed E-state index contributed by atoms with van der Waals surface area (Å²) in [7, 11) is 0. The molecule has 0 N–H and O–H groups in total. The number of carbonyl (C=O) groups excluding carboxylic acids is 2. The number of fused-ring (bicyclic) bond motifs is 1. The van der Waals surface area contributed by atoms with E-state index >= 15 is 0 Å². The Bertz CT molecular complexity index is 716. The molecule has 0 unspecified atom stereocenters. The van der Waals surface area contributed by atoms with Crippen LogP contribution in [0.15, 0.2) is 42.5 Å². The molecule has 2 saturated heterocycles. The van der Waals surface area contributed by atoms with E-state index in [4.69, 9.17) is 9.47 Å². The maximum Gasteiger partial charge on any atom is 0.312 e. The van der Waals surface area contributed by atoms with Crippen molar-refractivity contribution in [3.05, 3.63) is 48.0 Å². The second-order valence-corrected chi connectivity index (χ2v) is 7.12. The minimum atomic E-state index is -0.680. The fourth-order valence-corrected chi connectivity index (χ4v) is 4.34. The van der Waals surface area contributed by atoms with Gasteiger partial charge in [0.2, 0.25) is 5.91 Å². The van der Waals surface area contributed by atoms with Crippen LogP contribution < -0.4 is 0 Å². The highest BCUT2D eigenvalue weighted by Crippen LogP contribution is 2.53. The van der Waals surface area contributed by atoms with Crippen molar-refractivity contribution in [1.82, 2.24) is 4.90 Å². The van der Waals surface area contributed by atoms with Crippen molar-refractivity contribution in [1.29, 1.82) is 0 Å². The molecule has 2 fully saturated rings. The Morgan fingerprint density at radius 2 is 2.16 bits per heavy atom. The van der Waals surface area contributed by atoms with Gasteiger partial charge in [0.25, 0.3) is 0 Å². The lowest BCUT2D eigenvalue weighted by molar-refractivity contribution is -0.154. The minimum absolute atomic E-state index is 0.0124. The predicted octanol–water partition coefficient (Wildman–Crippen LogP) is 2.48. The summed E-state index contributed by atoms with van der Waals surface area (Å²) in [5.41, 5.74) is 0.400. The van der Waals surface area contributed by atoms with E-state index in [9.17, 15) is 9.59 Å². The number of benzene rings is 1. The van der Waals surface area contributed by atoms with E-state index in [0.29, 0.717) is 13.2 Å². The molecule has 0 radical (unpaired) electrons. The number of ether oxygens (including phenoxy) is 2. The Morgan fingerprint density at radius 1 is 1.40 bits per heavy atom. The average Bonchev–Trinajstić information content (AvgIpc) is 3.28. The van der Waals surface area contributed by atoms with Crippen LogP contribution in [0.3, 0.4) is 0 Å². The summed E-state index contributed by atoms with van der Waals surface area (Å²) in [5.74, 6) is -1.33. The Morgan fingerprint density at radius 3 is 2.88 bits per heavy atom. The molecule has 1 spiro atoms. The number of likely N-dealkylation sites (tertiary alicyclic amines) is 1. The summed E-state index contributed by atoms with van der Waals surface area (Å²) < 4.78 is 11.4.